The number of nitrogens with zero attached hydrogens (tertiary/aromatic N) is 2. The minimum Gasteiger partial charge on any atom is -0.508 e. The van der Waals surface area contributed by atoms with Crippen LogP contribution in [-0.2, 0) is 11.2 Å². The molecule has 0 radical (unpaired) electrons. The zero-order chi connectivity index (χ0) is 15.8. The second kappa shape index (κ2) is 5.51. The fraction of sp³-hybridized carbons (Fsp3) is 0.312. The Hall–Kier alpha value is -2.67. The van der Waals surface area contributed by atoms with Gasteiger partial charge in [-0.15, -0.1) is 0 Å². The third-order valence-electron chi connectivity index (χ3n) is 4.02. The van der Waals surface area contributed by atoms with Crippen LogP contribution in [-0.4, -0.2) is 37.8 Å². The summed E-state index contributed by atoms with van der Waals surface area (Å²) in [5.74, 6) is 0.193. The molecule has 0 bridgehead atoms. The van der Waals surface area contributed by atoms with Gasteiger partial charge in [0.2, 0.25) is 0 Å². The molecule has 3 heterocycles. The number of phenols is 1. The zero-order valence-corrected chi connectivity index (χ0v) is 12.4. The molecule has 0 saturated carbocycles. The molecule has 1 aromatic carbocycles. The summed E-state index contributed by atoms with van der Waals surface area (Å²) in [4.78, 5) is 25.9. The van der Waals surface area contributed by atoms with E-state index in [4.69, 9.17) is 4.74 Å². The maximum Gasteiger partial charge on any atom is 0.326 e. The van der Waals surface area contributed by atoms with Gasteiger partial charge in [-0.3, -0.25) is 9.97 Å². The molecule has 2 aromatic heterocycles. The predicted molar refractivity (Wildman–Crippen MR) is 84.3 cm³/mol. The van der Waals surface area contributed by atoms with Gasteiger partial charge in [0, 0.05) is 18.6 Å². The van der Waals surface area contributed by atoms with Gasteiger partial charge in [-0.05, 0) is 37.1 Å². The highest BCUT2D eigenvalue weighted by molar-refractivity contribution is 5.72. The van der Waals surface area contributed by atoms with Gasteiger partial charge in [0.15, 0.2) is 11.3 Å². The lowest BCUT2D eigenvalue weighted by Gasteiger charge is -2.12. The second-order valence-corrected chi connectivity index (χ2v) is 5.68. The van der Waals surface area contributed by atoms with E-state index in [-0.39, 0.29) is 17.5 Å². The first-order valence-electron chi connectivity index (χ1n) is 7.59. The number of ether oxygens (including phenoxy) is 1. The summed E-state index contributed by atoms with van der Waals surface area (Å²) in [5, 5.41) is 9.47. The first-order valence-corrected chi connectivity index (χ1v) is 7.59. The quantitative estimate of drug-likeness (QED) is 0.683. The molecule has 1 fully saturated rings. The SMILES string of the molecule is O=c1[nH]c2nc(CC3CCCO3)c(-c3ccc(O)cc3)nc2[nH]1. The standard InChI is InChI=1S/C16H16N4O3/c21-10-5-3-9(4-6-10)13-12(8-11-2-1-7-23-11)17-14-15(18-13)20-16(22)19-14/h3-6,11,21H,1-2,7-8H2,(H2,17,18,19,20,22). The molecule has 7 heteroatoms. The minimum atomic E-state index is -0.328. The third kappa shape index (κ3) is 2.70. The summed E-state index contributed by atoms with van der Waals surface area (Å²) in [5.41, 5.74) is 2.87. The Bertz CT molecular complexity index is 892. The summed E-state index contributed by atoms with van der Waals surface area (Å²) in [6, 6.07) is 6.79. The fourth-order valence-electron chi connectivity index (χ4n) is 2.90. The van der Waals surface area contributed by atoms with E-state index in [2.05, 4.69) is 19.9 Å². The van der Waals surface area contributed by atoms with Crippen molar-refractivity contribution in [1.82, 2.24) is 19.9 Å². The lowest BCUT2D eigenvalue weighted by Crippen LogP contribution is -2.12. The van der Waals surface area contributed by atoms with Crippen LogP contribution in [0.25, 0.3) is 22.6 Å². The number of hydrogen-bond donors (Lipinski definition) is 3. The van der Waals surface area contributed by atoms with Crippen LogP contribution < -0.4 is 5.69 Å². The number of hydrogen-bond acceptors (Lipinski definition) is 5. The summed E-state index contributed by atoms with van der Waals surface area (Å²) < 4.78 is 5.70. The normalized spacial score (nSPS) is 17.8. The Morgan fingerprint density at radius 2 is 1.91 bits per heavy atom. The number of phenolic OH excluding ortho intramolecular Hbond substituents is 1. The van der Waals surface area contributed by atoms with Gasteiger partial charge in [-0.2, -0.15) is 0 Å². The topological polar surface area (TPSA) is 104 Å². The van der Waals surface area contributed by atoms with Crippen molar-refractivity contribution in [1.29, 1.82) is 0 Å². The van der Waals surface area contributed by atoms with E-state index in [1.165, 1.54) is 0 Å². The predicted octanol–water partition coefficient (Wildman–Crippen LogP) is 1.74. The van der Waals surface area contributed by atoms with Gasteiger partial charge in [0.05, 0.1) is 17.5 Å². The molecule has 1 atom stereocenters. The molecule has 3 aromatic rings. The van der Waals surface area contributed by atoms with Crippen molar-refractivity contribution in [2.24, 2.45) is 0 Å². The maximum atomic E-state index is 11.5. The van der Waals surface area contributed by atoms with Gasteiger partial charge in [-0.1, -0.05) is 0 Å². The van der Waals surface area contributed by atoms with Crippen LogP contribution in [0.3, 0.4) is 0 Å². The average molecular weight is 312 g/mol. The molecule has 0 amide bonds. The molecule has 1 saturated heterocycles. The van der Waals surface area contributed by atoms with Gasteiger partial charge in [-0.25, -0.2) is 14.8 Å². The number of imidazole rings is 1. The molecular weight excluding hydrogens is 296 g/mol. The highest BCUT2D eigenvalue weighted by Crippen LogP contribution is 2.27. The van der Waals surface area contributed by atoms with E-state index in [1.54, 1.807) is 24.3 Å². The Balaban J connectivity index is 1.84. The summed E-state index contributed by atoms with van der Waals surface area (Å²) in [7, 11) is 0. The largest absolute Gasteiger partial charge is 0.508 e. The number of aromatic hydroxyl groups is 1. The average Bonchev–Trinajstić information content (AvgIpc) is 3.16. The van der Waals surface area contributed by atoms with Crippen LogP contribution in [0.4, 0.5) is 0 Å². The molecule has 3 N–H and O–H groups in total. The number of fused-ring (bicyclic) bond motifs is 1. The highest BCUT2D eigenvalue weighted by Gasteiger charge is 2.21. The smallest absolute Gasteiger partial charge is 0.326 e. The Labute approximate surface area is 131 Å². The Morgan fingerprint density at radius 3 is 2.61 bits per heavy atom. The minimum absolute atomic E-state index is 0.128. The van der Waals surface area contributed by atoms with Crippen molar-refractivity contribution in [2.75, 3.05) is 6.61 Å². The van der Waals surface area contributed by atoms with E-state index in [1.807, 2.05) is 0 Å². The van der Waals surface area contributed by atoms with Crippen LogP contribution in [0.5, 0.6) is 5.75 Å². The van der Waals surface area contributed by atoms with Crippen molar-refractivity contribution in [3.8, 4) is 17.0 Å². The first-order chi connectivity index (χ1) is 11.2. The Kier molecular flexibility index (Phi) is 3.34. The van der Waals surface area contributed by atoms with Crippen molar-refractivity contribution < 1.29 is 9.84 Å². The first kappa shape index (κ1) is 14.0. The molecule has 1 aliphatic heterocycles. The van der Waals surface area contributed by atoms with Gasteiger partial charge >= 0.3 is 5.69 Å². The Morgan fingerprint density at radius 1 is 1.17 bits per heavy atom. The van der Waals surface area contributed by atoms with Crippen molar-refractivity contribution in [3.05, 3.63) is 40.4 Å². The third-order valence-corrected chi connectivity index (χ3v) is 4.02. The van der Waals surface area contributed by atoms with E-state index in [0.717, 1.165) is 30.7 Å². The molecule has 0 spiro atoms. The number of aromatic nitrogens is 4. The number of rotatable bonds is 3. The van der Waals surface area contributed by atoms with Crippen molar-refractivity contribution in [3.63, 3.8) is 0 Å². The molecule has 23 heavy (non-hydrogen) atoms. The molecule has 1 unspecified atom stereocenters. The second-order valence-electron chi connectivity index (χ2n) is 5.68. The molecule has 4 rings (SSSR count). The summed E-state index contributed by atoms with van der Waals surface area (Å²) >= 11 is 0. The van der Waals surface area contributed by atoms with E-state index in [9.17, 15) is 9.90 Å². The van der Waals surface area contributed by atoms with Crippen LogP contribution in [0.15, 0.2) is 29.1 Å². The molecule has 7 nitrogen and oxygen atoms in total. The summed E-state index contributed by atoms with van der Waals surface area (Å²) in [6.45, 7) is 0.774. The lowest BCUT2D eigenvalue weighted by molar-refractivity contribution is 0.111. The zero-order valence-electron chi connectivity index (χ0n) is 12.4. The molecule has 118 valence electrons. The van der Waals surface area contributed by atoms with Gasteiger partial charge in [0.1, 0.15) is 5.75 Å². The van der Waals surface area contributed by atoms with Crippen LogP contribution in [0, 0.1) is 0 Å². The number of benzene rings is 1. The van der Waals surface area contributed by atoms with Crippen LogP contribution in [0.1, 0.15) is 18.5 Å². The van der Waals surface area contributed by atoms with E-state index < -0.39 is 0 Å². The van der Waals surface area contributed by atoms with E-state index >= 15 is 0 Å². The van der Waals surface area contributed by atoms with Gasteiger partial charge in [0.25, 0.3) is 0 Å². The molecular formula is C16H16N4O3. The maximum absolute atomic E-state index is 11.5. The van der Waals surface area contributed by atoms with E-state index in [0.29, 0.717) is 23.4 Å². The van der Waals surface area contributed by atoms with Gasteiger partial charge < -0.3 is 9.84 Å². The highest BCUT2D eigenvalue weighted by atomic mass is 16.5. The van der Waals surface area contributed by atoms with Crippen molar-refractivity contribution >= 4 is 11.3 Å². The lowest BCUT2D eigenvalue weighted by atomic mass is 10.0. The number of H-pyrrole nitrogens is 2. The fourth-order valence-corrected chi connectivity index (χ4v) is 2.90. The van der Waals surface area contributed by atoms with Crippen molar-refractivity contribution in [2.45, 2.75) is 25.4 Å². The number of aromatic amines is 2. The molecule has 0 aliphatic carbocycles. The number of nitrogens with one attached hydrogen (secondary N) is 2. The van der Waals surface area contributed by atoms with Crippen LogP contribution >= 0.6 is 0 Å². The molecule has 1 aliphatic rings. The summed E-state index contributed by atoms with van der Waals surface area (Å²) in [6.07, 6.45) is 2.82. The monoisotopic (exact) mass is 312 g/mol. The van der Waals surface area contributed by atoms with Crippen LogP contribution in [0.2, 0.25) is 0 Å².